The molecule has 0 amide bonds. The van der Waals surface area contributed by atoms with Crippen molar-refractivity contribution in [3.63, 3.8) is 0 Å². The zero-order chi connectivity index (χ0) is 4.50. The third-order valence-electron chi connectivity index (χ3n) is 0. The quantitative estimate of drug-likeness (QED) is 0.487. The Morgan fingerprint density at radius 2 is 1.12 bits per heavy atom. The van der Waals surface area contributed by atoms with Gasteiger partial charge in [0.05, 0.1) is 0 Å². The van der Waals surface area contributed by atoms with Crippen LogP contribution in [-0.2, 0) is 0 Å². The molecular formula is C2H10F3N2S. The molecule has 0 aromatic heterocycles. The molecule has 0 rings (SSSR count). The van der Waals surface area contributed by atoms with Crippen LogP contribution in [0.2, 0.25) is 0 Å². The fraction of sp³-hybridized carbons (Fsp3) is 1.00. The van der Waals surface area contributed by atoms with Crippen LogP contribution in [0.5, 0.6) is 0 Å². The van der Waals surface area contributed by atoms with E-state index in [-0.39, 0.29) is 14.1 Å². The van der Waals surface area contributed by atoms with Crippen LogP contribution >= 0.6 is 12.6 Å². The molecule has 0 unspecified atom stereocenters. The third-order valence-corrected chi connectivity index (χ3v) is 0. The van der Waals surface area contributed by atoms with E-state index < -0.39 is 4.99 Å². The van der Waals surface area contributed by atoms with Gasteiger partial charge in [0.15, 0.2) is 0 Å². The standard InChI is InChI=1S/C2H7N2S.3FH/c1-2(3,4)5;;;/h3-4H2,1H3;3*1H. The lowest BCUT2D eigenvalue weighted by Crippen LogP contribution is -2.39. The van der Waals surface area contributed by atoms with Gasteiger partial charge in [0.25, 0.3) is 0 Å². The minimum absolute atomic E-state index is 0. The molecule has 0 fully saturated rings. The molecule has 1 radical (unpaired) electrons. The van der Waals surface area contributed by atoms with Crippen LogP contribution in [0.15, 0.2) is 0 Å². The predicted molar refractivity (Wildman–Crippen MR) is 31.9 cm³/mol. The largest absolute Gasteiger partial charge is 0.304 e. The normalized spacial score (nSPS) is 7.50. The van der Waals surface area contributed by atoms with Crippen molar-refractivity contribution in [3.8, 4) is 0 Å². The van der Waals surface area contributed by atoms with Gasteiger partial charge in [-0.2, -0.15) is 0 Å². The first-order valence-electron chi connectivity index (χ1n) is 1.28. The summed E-state index contributed by atoms with van der Waals surface area (Å²) in [6.45, 7) is 1.56. The van der Waals surface area contributed by atoms with E-state index in [0.717, 1.165) is 0 Å². The van der Waals surface area contributed by atoms with Gasteiger partial charge in [-0.15, -0.1) is 0 Å². The average molecular weight is 151 g/mol. The highest BCUT2D eigenvalue weighted by atomic mass is 32.1. The molecule has 0 aliphatic rings. The van der Waals surface area contributed by atoms with Crippen LogP contribution < -0.4 is 11.5 Å². The maximum Gasteiger partial charge on any atom is 0.119 e. The summed E-state index contributed by atoms with van der Waals surface area (Å²) in [5, 5.41) is 0. The first-order valence-corrected chi connectivity index (χ1v) is 1.69. The summed E-state index contributed by atoms with van der Waals surface area (Å²) in [7, 11) is 0. The van der Waals surface area contributed by atoms with E-state index >= 15 is 0 Å². The molecule has 0 aliphatic carbocycles. The van der Waals surface area contributed by atoms with Crippen molar-refractivity contribution in [2.45, 2.75) is 11.9 Å². The Hall–Kier alpha value is 0.0600. The Morgan fingerprint density at radius 3 is 1.12 bits per heavy atom. The highest BCUT2D eigenvalue weighted by molar-refractivity contribution is 7.81. The van der Waals surface area contributed by atoms with Crippen LogP contribution in [0.4, 0.5) is 14.1 Å². The summed E-state index contributed by atoms with van der Waals surface area (Å²) < 4.78 is 0. The maximum atomic E-state index is 4.95. The van der Waals surface area contributed by atoms with Gasteiger partial charge in [0, 0.05) is 0 Å². The summed E-state index contributed by atoms with van der Waals surface area (Å²) in [5.41, 5.74) is 9.89. The minimum atomic E-state index is -0.917. The number of rotatable bonds is 0. The van der Waals surface area contributed by atoms with Gasteiger partial charge in [-0.25, -0.2) is 0 Å². The summed E-state index contributed by atoms with van der Waals surface area (Å²) in [4.78, 5) is -0.917. The van der Waals surface area contributed by atoms with Crippen molar-refractivity contribution >= 4 is 12.6 Å². The van der Waals surface area contributed by atoms with Crippen LogP contribution in [0.25, 0.3) is 0 Å². The molecule has 0 heterocycles. The molecule has 0 spiro atoms. The number of halogens is 3. The van der Waals surface area contributed by atoms with Gasteiger partial charge < -0.3 is 11.5 Å². The Bertz CT molecular complexity index is 30.8. The van der Waals surface area contributed by atoms with Crippen molar-refractivity contribution in [2.24, 2.45) is 11.5 Å². The Morgan fingerprint density at radius 1 is 1.12 bits per heavy atom. The SMILES string of the molecule is CC(N)(N)[S].F.F.F. The zero-order valence-corrected chi connectivity index (χ0v) is 5.10. The van der Waals surface area contributed by atoms with Gasteiger partial charge in [0.1, 0.15) is 4.99 Å². The van der Waals surface area contributed by atoms with Crippen LogP contribution in [0.3, 0.4) is 0 Å². The first kappa shape index (κ1) is 24.4. The van der Waals surface area contributed by atoms with E-state index in [0.29, 0.717) is 0 Å². The molecule has 0 aliphatic heterocycles. The molecule has 0 aromatic carbocycles. The van der Waals surface area contributed by atoms with Crippen LogP contribution in [0, 0.1) is 0 Å². The van der Waals surface area contributed by atoms with E-state index in [1.54, 1.807) is 6.92 Å². The lowest BCUT2D eigenvalue weighted by Gasteiger charge is -2.03. The van der Waals surface area contributed by atoms with E-state index in [1.807, 2.05) is 0 Å². The van der Waals surface area contributed by atoms with Gasteiger partial charge >= 0.3 is 0 Å². The topological polar surface area (TPSA) is 52.0 Å². The lowest BCUT2D eigenvalue weighted by atomic mass is 10.6. The molecular weight excluding hydrogens is 141 g/mol. The van der Waals surface area contributed by atoms with Gasteiger partial charge in [-0.1, -0.05) is 12.6 Å². The lowest BCUT2D eigenvalue weighted by molar-refractivity contribution is 0.725. The van der Waals surface area contributed by atoms with Gasteiger partial charge in [-0.3, -0.25) is 14.1 Å². The fourth-order valence-corrected chi connectivity index (χ4v) is 0. The first-order chi connectivity index (χ1) is 2.00. The minimum Gasteiger partial charge on any atom is -0.304 e. The summed E-state index contributed by atoms with van der Waals surface area (Å²) in [5.74, 6) is 0. The van der Waals surface area contributed by atoms with Crippen molar-refractivity contribution in [2.75, 3.05) is 0 Å². The smallest absolute Gasteiger partial charge is 0.119 e. The van der Waals surface area contributed by atoms with E-state index in [1.165, 1.54) is 0 Å². The highest BCUT2D eigenvalue weighted by Crippen LogP contribution is 1.88. The second kappa shape index (κ2) is 7.06. The Kier molecular flexibility index (Phi) is 21.5. The van der Waals surface area contributed by atoms with Crippen molar-refractivity contribution in [1.29, 1.82) is 0 Å². The van der Waals surface area contributed by atoms with E-state index in [4.69, 9.17) is 11.5 Å². The average Bonchev–Trinajstić information content (AvgIpc) is 0.722. The molecule has 0 bridgehead atoms. The van der Waals surface area contributed by atoms with Crippen LogP contribution in [0.1, 0.15) is 6.92 Å². The fourth-order valence-electron chi connectivity index (χ4n) is 0. The molecule has 55 valence electrons. The molecule has 2 nitrogen and oxygen atoms in total. The summed E-state index contributed by atoms with van der Waals surface area (Å²) in [6, 6.07) is 0. The maximum absolute atomic E-state index is 4.95. The Labute approximate surface area is 51.1 Å². The van der Waals surface area contributed by atoms with Crippen molar-refractivity contribution in [1.82, 2.24) is 0 Å². The van der Waals surface area contributed by atoms with Crippen LogP contribution in [-0.4, -0.2) is 4.99 Å². The number of hydrogen-bond acceptors (Lipinski definition) is 2. The van der Waals surface area contributed by atoms with Crippen molar-refractivity contribution < 1.29 is 14.1 Å². The third kappa shape index (κ3) is 43100. The summed E-state index contributed by atoms with van der Waals surface area (Å²) in [6.07, 6.45) is 0. The van der Waals surface area contributed by atoms with E-state index in [9.17, 15) is 0 Å². The second-order valence-corrected chi connectivity index (χ2v) is 2.06. The molecule has 0 saturated heterocycles. The van der Waals surface area contributed by atoms with Gasteiger partial charge in [0.2, 0.25) is 0 Å². The number of hydrogen-bond donors (Lipinski definition) is 2. The van der Waals surface area contributed by atoms with Gasteiger partial charge in [-0.05, 0) is 6.92 Å². The number of nitrogens with two attached hydrogens (primary N) is 2. The Balaban J connectivity index is -0.0000000267. The molecule has 8 heavy (non-hydrogen) atoms. The van der Waals surface area contributed by atoms with Crippen molar-refractivity contribution in [3.05, 3.63) is 0 Å². The summed E-state index contributed by atoms with van der Waals surface area (Å²) >= 11 is 4.38. The zero-order valence-electron chi connectivity index (χ0n) is 4.29. The molecule has 0 atom stereocenters. The highest BCUT2D eigenvalue weighted by Gasteiger charge is 1.98. The molecule has 0 aromatic rings. The predicted octanol–water partition coefficient (Wildman–Crippen LogP) is 0.233. The second-order valence-electron chi connectivity index (χ2n) is 1.18. The molecule has 0 saturated carbocycles. The molecule has 6 heteroatoms. The molecule has 4 N–H and O–H groups in total. The van der Waals surface area contributed by atoms with E-state index in [2.05, 4.69) is 12.6 Å². The monoisotopic (exact) mass is 151 g/mol.